The van der Waals surface area contributed by atoms with Gasteiger partial charge < -0.3 is 4.42 Å². The van der Waals surface area contributed by atoms with E-state index in [-0.39, 0.29) is 0 Å². The molecule has 0 unspecified atom stereocenters. The van der Waals surface area contributed by atoms with Crippen LogP contribution in [0.25, 0.3) is 89.1 Å². The van der Waals surface area contributed by atoms with Crippen LogP contribution in [0, 0.1) is 13.8 Å². The average molecular weight is 864 g/mol. The molecule has 11 aromatic rings. The smallest absolute Gasteiger partial charge is 0.143 e. The molecule has 0 atom stereocenters. The Morgan fingerprint density at radius 1 is 0.343 bits per heavy atom. The van der Waals surface area contributed by atoms with Gasteiger partial charge in [0.1, 0.15) is 11.2 Å². The summed E-state index contributed by atoms with van der Waals surface area (Å²) in [5, 5.41) is 2.23. The summed E-state index contributed by atoms with van der Waals surface area (Å²) >= 11 is 0. The number of rotatable bonds is 12. The Balaban J connectivity index is 0.998. The van der Waals surface area contributed by atoms with Crippen LogP contribution in [0.5, 0.6) is 0 Å². The molecule has 0 saturated heterocycles. The third-order valence-electron chi connectivity index (χ3n) is 13.2. The quantitative estimate of drug-likeness (QED) is 0.123. The average Bonchev–Trinajstić information content (AvgIpc) is 3.78. The third kappa shape index (κ3) is 8.70. The molecule has 0 radical (unpaired) electrons. The summed E-state index contributed by atoms with van der Waals surface area (Å²) in [4.78, 5) is 14.0. The van der Waals surface area contributed by atoms with Gasteiger partial charge in [-0.25, -0.2) is 0 Å². The molecular formula is C63H49N3O. The maximum atomic E-state index is 6.72. The van der Waals surface area contributed by atoms with Crippen molar-refractivity contribution in [1.82, 2.24) is 15.0 Å². The van der Waals surface area contributed by atoms with Gasteiger partial charge in [-0.05, 0) is 143 Å². The van der Waals surface area contributed by atoms with E-state index in [1.54, 1.807) is 0 Å². The van der Waals surface area contributed by atoms with E-state index in [4.69, 9.17) is 9.40 Å². The summed E-state index contributed by atoms with van der Waals surface area (Å²) in [6.07, 6.45) is 9.38. The van der Waals surface area contributed by atoms with E-state index in [0.29, 0.717) is 0 Å². The van der Waals surface area contributed by atoms with E-state index < -0.39 is 0 Å². The molecule has 0 aliphatic carbocycles. The van der Waals surface area contributed by atoms with Crippen LogP contribution in [0.3, 0.4) is 0 Å². The number of hydrogen-bond donors (Lipinski definition) is 0. The normalized spacial score (nSPS) is 11.4. The second-order valence-corrected chi connectivity index (χ2v) is 17.6. The van der Waals surface area contributed by atoms with Gasteiger partial charge in [-0.2, -0.15) is 0 Å². The number of hydrogen-bond acceptors (Lipinski definition) is 4. The Morgan fingerprint density at radius 3 is 1.54 bits per heavy atom. The first-order valence-corrected chi connectivity index (χ1v) is 23.2. The highest BCUT2D eigenvalue weighted by molar-refractivity contribution is 6.11. The summed E-state index contributed by atoms with van der Waals surface area (Å²) in [5.74, 6) is 0. The first-order chi connectivity index (χ1) is 33.0. The lowest BCUT2D eigenvalue weighted by Gasteiger charge is -2.18. The lowest BCUT2D eigenvalue weighted by Crippen LogP contribution is -1.98. The van der Waals surface area contributed by atoms with Gasteiger partial charge in [0.25, 0.3) is 0 Å². The van der Waals surface area contributed by atoms with Crippen LogP contribution in [-0.4, -0.2) is 15.0 Å². The molecule has 4 nitrogen and oxygen atoms in total. The van der Waals surface area contributed by atoms with Gasteiger partial charge in [0, 0.05) is 51.6 Å². The highest BCUT2D eigenvalue weighted by atomic mass is 16.3. The summed E-state index contributed by atoms with van der Waals surface area (Å²) in [6, 6.07) is 69.9. The molecule has 0 aliphatic rings. The number of pyridine rings is 3. The maximum absolute atomic E-state index is 6.72. The van der Waals surface area contributed by atoms with Gasteiger partial charge in [0.05, 0.1) is 17.1 Å². The lowest BCUT2D eigenvalue weighted by molar-refractivity contribution is 0.670. The Kier molecular flexibility index (Phi) is 11.4. The largest absolute Gasteiger partial charge is 0.455 e. The molecule has 4 heterocycles. The number of nitrogens with zero attached hydrogens (tertiary/aromatic N) is 3. The van der Waals surface area contributed by atoms with Crippen molar-refractivity contribution in [2.45, 2.75) is 39.5 Å². The molecule has 7 aromatic carbocycles. The van der Waals surface area contributed by atoms with Crippen LogP contribution in [-0.2, 0) is 25.7 Å². The van der Waals surface area contributed by atoms with Crippen molar-refractivity contribution in [3.63, 3.8) is 0 Å². The van der Waals surface area contributed by atoms with E-state index in [1.807, 2.05) is 48.9 Å². The van der Waals surface area contributed by atoms with Crippen LogP contribution in [0.15, 0.2) is 217 Å². The zero-order chi connectivity index (χ0) is 45.1. The van der Waals surface area contributed by atoms with Gasteiger partial charge in [0.2, 0.25) is 0 Å². The van der Waals surface area contributed by atoms with Gasteiger partial charge in [-0.15, -0.1) is 0 Å². The molecule has 4 heteroatoms. The molecule has 0 N–H and O–H groups in total. The van der Waals surface area contributed by atoms with E-state index in [9.17, 15) is 0 Å². The first kappa shape index (κ1) is 41.5. The number of fused-ring (bicyclic) bond motifs is 3. The lowest BCUT2D eigenvalue weighted by atomic mass is 9.86. The highest BCUT2D eigenvalue weighted by Crippen LogP contribution is 2.44. The summed E-state index contributed by atoms with van der Waals surface area (Å²) in [7, 11) is 0. The van der Waals surface area contributed by atoms with Crippen LogP contribution in [0.1, 0.15) is 33.4 Å². The van der Waals surface area contributed by atoms with Gasteiger partial charge in [-0.1, -0.05) is 152 Å². The van der Waals surface area contributed by atoms with Crippen LogP contribution in [0.2, 0.25) is 0 Å². The van der Waals surface area contributed by atoms with E-state index in [0.717, 1.165) is 98.1 Å². The van der Waals surface area contributed by atoms with Crippen molar-refractivity contribution in [2.24, 2.45) is 0 Å². The predicted molar refractivity (Wildman–Crippen MR) is 277 cm³/mol. The Labute approximate surface area is 392 Å². The molecule has 0 saturated carbocycles. The van der Waals surface area contributed by atoms with Crippen LogP contribution >= 0.6 is 0 Å². The molecule has 67 heavy (non-hydrogen) atoms. The highest BCUT2D eigenvalue weighted by Gasteiger charge is 2.20. The Hall–Kier alpha value is -8.21. The second kappa shape index (κ2) is 18.3. The summed E-state index contributed by atoms with van der Waals surface area (Å²) in [5.41, 5.74) is 22.6. The van der Waals surface area contributed by atoms with Gasteiger partial charge >= 0.3 is 0 Å². The van der Waals surface area contributed by atoms with Crippen LogP contribution < -0.4 is 0 Å². The SMILES string of the molecule is Cc1cnc(-c2ccc(-c3ccccc3-c3cc(CCc4ccc(-c5ccccn5)cc4)cc(CCc4ccc(-c5ccccn5)cc4)c3)c(-c3cccc4c3oc3ccccc34)c2)cc1C. The van der Waals surface area contributed by atoms with Crippen molar-refractivity contribution < 1.29 is 4.42 Å². The summed E-state index contributed by atoms with van der Waals surface area (Å²) < 4.78 is 6.72. The molecule has 0 fully saturated rings. The molecule has 0 aliphatic heterocycles. The van der Waals surface area contributed by atoms with E-state index in [1.165, 1.54) is 50.1 Å². The number of aryl methyl sites for hydroxylation is 6. The number of furan rings is 1. The topological polar surface area (TPSA) is 51.8 Å². The van der Waals surface area contributed by atoms with Crippen molar-refractivity contribution in [1.29, 1.82) is 0 Å². The standard InChI is InChI=1S/C63H49N3O/c1-42-36-61(66-41-43(42)2)50-32-33-54(58(40-50)57-16-11-15-56-55-14-5-6-19-62(55)67-63(56)57)53-13-4-3-12-52(53)51-38-46(22-20-44-24-28-48(29-25-44)59-17-7-9-34-64-59)37-47(39-51)23-21-45-26-30-49(31-27-45)60-18-8-10-35-65-60/h3-19,24-41H,20-23H2,1-2H3. The van der Waals surface area contributed by atoms with Gasteiger partial charge in [0.15, 0.2) is 0 Å². The van der Waals surface area contributed by atoms with Crippen molar-refractivity contribution >= 4 is 21.9 Å². The molecule has 11 rings (SSSR count). The number of benzene rings is 7. The van der Waals surface area contributed by atoms with Gasteiger partial charge in [-0.3, -0.25) is 15.0 Å². The summed E-state index contributed by atoms with van der Waals surface area (Å²) in [6.45, 7) is 4.27. The Bertz CT molecular complexity index is 3410. The fourth-order valence-electron chi connectivity index (χ4n) is 9.41. The fraction of sp³-hybridized carbons (Fsp3) is 0.0952. The molecular weight excluding hydrogens is 815 g/mol. The van der Waals surface area contributed by atoms with E-state index >= 15 is 0 Å². The maximum Gasteiger partial charge on any atom is 0.143 e. The molecule has 0 amide bonds. The molecule has 0 bridgehead atoms. The molecule has 0 spiro atoms. The number of para-hydroxylation sites is 2. The second-order valence-electron chi connectivity index (χ2n) is 17.6. The van der Waals surface area contributed by atoms with Crippen molar-refractivity contribution in [3.05, 3.63) is 246 Å². The van der Waals surface area contributed by atoms with Crippen molar-refractivity contribution in [2.75, 3.05) is 0 Å². The zero-order valence-corrected chi connectivity index (χ0v) is 37.8. The number of aromatic nitrogens is 3. The first-order valence-electron chi connectivity index (χ1n) is 23.2. The minimum absolute atomic E-state index is 0.886. The Morgan fingerprint density at radius 2 is 0.896 bits per heavy atom. The van der Waals surface area contributed by atoms with Crippen LogP contribution in [0.4, 0.5) is 0 Å². The zero-order valence-electron chi connectivity index (χ0n) is 37.8. The fourth-order valence-corrected chi connectivity index (χ4v) is 9.41. The predicted octanol–water partition coefficient (Wildman–Crippen LogP) is 16.0. The minimum Gasteiger partial charge on any atom is -0.455 e. The monoisotopic (exact) mass is 863 g/mol. The molecule has 322 valence electrons. The van der Waals surface area contributed by atoms with E-state index in [2.05, 4.69) is 188 Å². The third-order valence-corrected chi connectivity index (χ3v) is 13.2. The molecule has 4 aromatic heterocycles. The van der Waals surface area contributed by atoms with Crippen molar-refractivity contribution in [3.8, 4) is 67.2 Å². The minimum atomic E-state index is 0.886.